The summed E-state index contributed by atoms with van der Waals surface area (Å²) < 4.78 is 12.1. The highest BCUT2D eigenvalue weighted by molar-refractivity contribution is 7.15. The van der Waals surface area contributed by atoms with E-state index in [1.807, 2.05) is 41.3 Å². The molecule has 1 N–H and O–H groups in total. The number of ether oxygens (including phenoxy) is 2. The Labute approximate surface area is 201 Å². The Morgan fingerprint density at radius 2 is 1.91 bits per heavy atom. The summed E-state index contributed by atoms with van der Waals surface area (Å²) in [7, 11) is 0. The number of aromatic nitrogens is 1. The largest absolute Gasteiger partial charge is 0.485 e. The summed E-state index contributed by atoms with van der Waals surface area (Å²) >= 11 is 1.21. The molecule has 3 aromatic rings. The molecule has 1 saturated heterocycles. The molecule has 0 saturated carbocycles. The van der Waals surface area contributed by atoms with E-state index in [9.17, 15) is 9.59 Å². The number of carboxylic acids is 1. The van der Waals surface area contributed by atoms with Gasteiger partial charge in [-0.2, -0.15) is 0 Å². The van der Waals surface area contributed by atoms with Gasteiger partial charge in [0.05, 0.1) is 12.7 Å². The predicted octanol–water partition coefficient (Wildman–Crippen LogP) is 3.84. The van der Waals surface area contributed by atoms with Crippen LogP contribution in [0.3, 0.4) is 0 Å². The third-order valence-electron chi connectivity index (χ3n) is 6.07. The van der Waals surface area contributed by atoms with Crippen LogP contribution in [0.25, 0.3) is 0 Å². The third kappa shape index (κ3) is 5.05. The maximum atomic E-state index is 12.8. The van der Waals surface area contributed by atoms with Crippen molar-refractivity contribution in [3.05, 3.63) is 70.7 Å². The summed E-state index contributed by atoms with van der Waals surface area (Å²) in [4.78, 5) is 32.0. The first-order valence-electron chi connectivity index (χ1n) is 11.3. The second kappa shape index (κ2) is 9.82. The first kappa shape index (κ1) is 22.4. The monoisotopic (exact) mass is 479 g/mol. The zero-order valence-corrected chi connectivity index (χ0v) is 19.4. The molecule has 34 heavy (non-hydrogen) atoms. The van der Waals surface area contributed by atoms with Gasteiger partial charge in [0.15, 0.2) is 0 Å². The van der Waals surface area contributed by atoms with Gasteiger partial charge in [0.2, 0.25) is 0 Å². The molecule has 2 aliphatic heterocycles. The number of benzene rings is 2. The van der Waals surface area contributed by atoms with Gasteiger partial charge in [0.25, 0.3) is 11.1 Å². The normalized spacial score (nSPS) is 18.1. The number of fused-ring (bicyclic) bond motifs is 1. The molecule has 176 valence electrons. The lowest BCUT2D eigenvalue weighted by atomic mass is 9.97. The summed E-state index contributed by atoms with van der Waals surface area (Å²) in [5.41, 5.74) is 2.27. The SMILES string of the molecule is O=C(O)CN1CCN(C(=O)c2cnc(Oc3ccc4c(c3)CC[C@@H](c3ccccc3)O4)s2)CC1. The predicted molar refractivity (Wildman–Crippen MR) is 127 cm³/mol. The zero-order valence-electron chi connectivity index (χ0n) is 18.6. The van der Waals surface area contributed by atoms with E-state index >= 15 is 0 Å². The van der Waals surface area contributed by atoms with Gasteiger partial charge in [-0.25, -0.2) is 4.98 Å². The standard InChI is InChI=1S/C25H25N3O5S/c29-23(30)16-27-10-12-28(13-11-27)24(31)22-15-26-25(34-22)32-19-7-9-21-18(14-19)6-8-20(33-21)17-4-2-1-3-5-17/h1-5,7,9,14-15,20H,6,8,10-13,16H2,(H,29,30)/t20-/m0/s1. The van der Waals surface area contributed by atoms with Gasteiger partial charge in [-0.05, 0) is 42.2 Å². The number of hydrogen-bond donors (Lipinski definition) is 1. The number of carbonyl (C=O) groups is 2. The Morgan fingerprint density at radius 1 is 1.12 bits per heavy atom. The Morgan fingerprint density at radius 3 is 2.68 bits per heavy atom. The molecule has 8 nitrogen and oxygen atoms in total. The maximum absolute atomic E-state index is 12.8. The van der Waals surface area contributed by atoms with Gasteiger partial charge in [0, 0.05) is 26.2 Å². The van der Waals surface area contributed by atoms with Crippen LogP contribution in [0.1, 0.15) is 33.3 Å². The van der Waals surface area contributed by atoms with Gasteiger partial charge in [-0.1, -0.05) is 41.7 Å². The van der Waals surface area contributed by atoms with E-state index in [2.05, 4.69) is 17.1 Å². The van der Waals surface area contributed by atoms with Crippen molar-refractivity contribution in [2.45, 2.75) is 18.9 Å². The Bertz CT molecular complexity index is 1170. The fraction of sp³-hybridized carbons (Fsp3) is 0.320. The highest BCUT2D eigenvalue weighted by Crippen LogP contribution is 2.38. The lowest BCUT2D eigenvalue weighted by Gasteiger charge is -2.33. The molecule has 0 unspecified atom stereocenters. The molecule has 9 heteroatoms. The molecule has 0 bridgehead atoms. The van der Waals surface area contributed by atoms with Crippen molar-refractivity contribution in [3.8, 4) is 16.7 Å². The number of rotatable bonds is 6. The number of aryl methyl sites for hydroxylation is 1. The quantitative estimate of drug-likeness (QED) is 0.574. The van der Waals surface area contributed by atoms with Crippen LogP contribution in [0.2, 0.25) is 0 Å². The molecule has 3 heterocycles. The molecule has 0 radical (unpaired) electrons. The van der Waals surface area contributed by atoms with Crippen molar-refractivity contribution >= 4 is 23.2 Å². The minimum atomic E-state index is -0.853. The highest BCUT2D eigenvalue weighted by Gasteiger charge is 2.25. The van der Waals surface area contributed by atoms with Crippen molar-refractivity contribution in [1.29, 1.82) is 0 Å². The number of carboxylic acid groups (broad SMARTS) is 1. The maximum Gasteiger partial charge on any atom is 0.317 e. The number of carbonyl (C=O) groups excluding carboxylic acids is 1. The van der Waals surface area contributed by atoms with E-state index in [0.29, 0.717) is 42.0 Å². The molecule has 2 aromatic carbocycles. The third-order valence-corrected chi connectivity index (χ3v) is 6.93. The summed E-state index contributed by atoms with van der Waals surface area (Å²) in [6.07, 6.45) is 3.38. The van der Waals surface area contributed by atoms with Crippen molar-refractivity contribution in [3.63, 3.8) is 0 Å². The molecule has 5 rings (SSSR count). The number of thiazole rings is 1. The second-order valence-electron chi connectivity index (χ2n) is 8.38. The van der Waals surface area contributed by atoms with E-state index in [0.717, 1.165) is 24.2 Å². The molecule has 1 amide bonds. The smallest absolute Gasteiger partial charge is 0.317 e. The highest BCUT2D eigenvalue weighted by atomic mass is 32.1. The van der Waals surface area contributed by atoms with E-state index in [1.165, 1.54) is 23.1 Å². The van der Waals surface area contributed by atoms with E-state index in [-0.39, 0.29) is 18.6 Å². The zero-order chi connectivity index (χ0) is 23.5. The first-order chi connectivity index (χ1) is 16.5. The van der Waals surface area contributed by atoms with Gasteiger partial charge in [-0.15, -0.1) is 0 Å². The number of aliphatic carboxylic acids is 1. The van der Waals surface area contributed by atoms with E-state index in [1.54, 1.807) is 4.90 Å². The van der Waals surface area contributed by atoms with Crippen molar-refractivity contribution in [1.82, 2.24) is 14.8 Å². The topological polar surface area (TPSA) is 92.2 Å². The fourth-order valence-electron chi connectivity index (χ4n) is 4.29. The van der Waals surface area contributed by atoms with E-state index < -0.39 is 5.97 Å². The van der Waals surface area contributed by atoms with Gasteiger partial charge < -0.3 is 19.5 Å². The summed E-state index contributed by atoms with van der Waals surface area (Å²) in [6, 6.07) is 16.0. The first-order valence-corrected chi connectivity index (χ1v) is 12.1. The van der Waals surface area contributed by atoms with Gasteiger partial charge >= 0.3 is 5.97 Å². The van der Waals surface area contributed by atoms with Crippen LogP contribution >= 0.6 is 11.3 Å². The van der Waals surface area contributed by atoms with Crippen LogP contribution in [0, 0.1) is 0 Å². The number of nitrogens with zero attached hydrogens (tertiary/aromatic N) is 3. The molecular weight excluding hydrogens is 454 g/mol. The average molecular weight is 480 g/mol. The molecule has 1 aromatic heterocycles. The molecular formula is C25H25N3O5S. The summed E-state index contributed by atoms with van der Waals surface area (Å²) in [5.74, 6) is 0.572. The number of piperazine rings is 1. The number of hydrogen-bond acceptors (Lipinski definition) is 7. The molecule has 0 aliphatic carbocycles. The van der Waals surface area contributed by atoms with Crippen LogP contribution in [-0.2, 0) is 11.2 Å². The van der Waals surface area contributed by atoms with Gasteiger partial charge in [0.1, 0.15) is 22.5 Å². The lowest BCUT2D eigenvalue weighted by molar-refractivity contribution is -0.138. The van der Waals surface area contributed by atoms with Crippen LogP contribution in [0.15, 0.2) is 54.7 Å². The van der Waals surface area contributed by atoms with Crippen LogP contribution in [0.4, 0.5) is 0 Å². The van der Waals surface area contributed by atoms with Crippen LogP contribution in [-0.4, -0.2) is 64.5 Å². The van der Waals surface area contributed by atoms with Crippen molar-refractivity contribution in [2.24, 2.45) is 0 Å². The second-order valence-corrected chi connectivity index (χ2v) is 9.37. The van der Waals surface area contributed by atoms with E-state index in [4.69, 9.17) is 14.6 Å². The lowest BCUT2D eigenvalue weighted by Crippen LogP contribution is -2.49. The number of amides is 1. The Balaban J connectivity index is 1.19. The fourth-order valence-corrected chi connectivity index (χ4v) is 5.05. The Kier molecular flexibility index (Phi) is 6.46. The minimum absolute atomic E-state index is 0.000689. The summed E-state index contributed by atoms with van der Waals surface area (Å²) in [6.45, 7) is 2.08. The Hall–Kier alpha value is -3.43. The van der Waals surface area contributed by atoms with Crippen molar-refractivity contribution in [2.75, 3.05) is 32.7 Å². The summed E-state index contributed by atoms with van der Waals surface area (Å²) in [5, 5.41) is 9.33. The van der Waals surface area contributed by atoms with Gasteiger partial charge in [-0.3, -0.25) is 14.5 Å². The molecule has 1 fully saturated rings. The molecule has 2 aliphatic rings. The molecule has 1 atom stereocenters. The average Bonchev–Trinajstić information content (AvgIpc) is 3.32. The van der Waals surface area contributed by atoms with Crippen LogP contribution < -0.4 is 9.47 Å². The minimum Gasteiger partial charge on any atom is -0.485 e. The molecule has 0 spiro atoms. The van der Waals surface area contributed by atoms with Crippen LogP contribution in [0.5, 0.6) is 16.7 Å². The van der Waals surface area contributed by atoms with Crippen molar-refractivity contribution < 1.29 is 24.2 Å².